The lowest BCUT2D eigenvalue weighted by atomic mass is 10.1. The molecule has 6 heteroatoms. The van der Waals surface area contributed by atoms with Gasteiger partial charge in [-0.25, -0.2) is 9.67 Å². The van der Waals surface area contributed by atoms with Crippen LogP contribution in [0, 0.1) is 13.8 Å². The maximum absolute atomic E-state index is 5.58. The number of nitrogens with one attached hydrogen (secondary N) is 1. The summed E-state index contributed by atoms with van der Waals surface area (Å²) in [6, 6.07) is 8.43. The summed E-state index contributed by atoms with van der Waals surface area (Å²) in [6.45, 7) is 6.61. The molecule has 3 rings (SSSR count). The van der Waals surface area contributed by atoms with Crippen LogP contribution >= 0.6 is 0 Å². The second-order valence-electron chi connectivity index (χ2n) is 5.29. The third kappa shape index (κ3) is 3.07. The van der Waals surface area contributed by atoms with E-state index in [-0.39, 0.29) is 6.04 Å². The molecule has 2 aromatic heterocycles. The molecule has 22 heavy (non-hydrogen) atoms. The highest BCUT2D eigenvalue weighted by Crippen LogP contribution is 2.16. The first-order valence-corrected chi connectivity index (χ1v) is 7.26. The SMILES string of the molecule is Cc1nc(CN[C@@H](C)c2ccc(-n3ccnn3)cc2)oc1C. The Hall–Kier alpha value is -2.47. The zero-order chi connectivity index (χ0) is 15.5. The van der Waals surface area contributed by atoms with Gasteiger partial charge in [-0.2, -0.15) is 0 Å². The Labute approximate surface area is 129 Å². The van der Waals surface area contributed by atoms with Gasteiger partial charge in [-0.05, 0) is 38.5 Å². The van der Waals surface area contributed by atoms with Crippen LogP contribution in [0.25, 0.3) is 5.69 Å². The number of aryl methyl sites for hydroxylation is 2. The minimum Gasteiger partial charge on any atom is -0.444 e. The zero-order valence-electron chi connectivity index (χ0n) is 12.9. The number of hydrogen-bond acceptors (Lipinski definition) is 5. The number of rotatable bonds is 5. The number of hydrogen-bond donors (Lipinski definition) is 1. The van der Waals surface area contributed by atoms with E-state index in [0.717, 1.165) is 23.0 Å². The zero-order valence-corrected chi connectivity index (χ0v) is 12.9. The Balaban J connectivity index is 1.63. The summed E-state index contributed by atoms with van der Waals surface area (Å²) in [6.07, 6.45) is 3.49. The molecule has 0 bridgehead atoms. The van der Waals surface area contributed by atoms with Crippen LogP contribution in [0.2, 0.25) is 0 Å². The molecule has 0 fully saturated rings. The van der Waals surface area contributed by atoms with E-state index >= 15 is 0 Å². The molecule has 0 unspecified atom stereocenters. The van der Waals surface area contributed by atoms with E-state index in [4.69, 9.17) is 4.42 Å². The van der Waals surface area contributed by atoms with Crippen molar-refractivity contribution in [3.8, 4) is 5.69 Å². The Morgan fingerprint density at radius 3 is 2.59 bits per heavy atom. The monoisotopic (exact) mass is 297 g/mol. The van der Waals surface area contributed by atoms with E-state index in [1.54, 1.807) is 10.9 Å². The second-order valence-corrected chi connectivity index (χ2v) is 5.29. The molecule has 1 atom stereocenters. The molecule has 6 nitrogen and oxygen atoms in total. The minimum atomic E-state index is 0.206. The molecule has 0 spiro atoms. The molecule has 1 N–H and O–H groups in total. The van der Waals surface area contributed by atoms with Crippen LogP contribution < -0.4 is 5.32 Å². The van der Waals surface area contributed by atoms with Gasteiger partial charge in [-0.1, -0.05) is 17.3 Å². The van der Waals surface area contributed by atoms with Crippen LogP contribution in [0.3, 0.4) is 0 Å². The summed E-state index contributed by atoms with van der Waals surface area (Å²) in [5, 5.41) is 11.2. The Kier molecular flexibility index (Phi) is 4.02. The first kappa shape index (κ1) is 14.5. The van der Waals surface area contributed by atoms with Gasteiger partial charge in [0.25, 0.3) is 0 Å². The van der Waals surface area contributed by atoms with Gasteiger partial charge in [-0.3, -0.25) is 0 Å². The molecular weight excluding hydrogens is 278 g/mol. The second kappa shape index (κ2) is 6.11. The predicted octanol–water partition coefficient (Wildman–Crippen LogP) is 2.72. The average molecular weight is 297 g/mol. The van der Waals surface area contributed by atoms with Gasteiger partial charge in [0.1, 0.15) is 5.76 Å². The molecule has 0 saturated heterocycles. The highest BCUT2D eigenvalue weighted by atomic mass is 16.4. The first-order valence-electron chi connectivity index (χ1n) is 7.26. The van der Waals surface area contributed by atoms with E-state index in [1.807, 2.05) is 32.2 Å². The van der Waals surface area contributed by atoms with Crippen molar-refractivity contribution in [1.82, 2.24) is 25.3 Å². The molecule has 0 aliphatic heterocycles. The maximum Gasteiger partial charge on any atom is 0.208 e. The normalized spacial score (nSPS) is 12.5. The highest BCUT2D eigenvalue weighted by Gasteiger charge is 2.09. The standard InChI is InChI=1S/C16H19N5O/c1-11-13(3)22-16(19-11)10-17-12(2)14-4-6-15(7-5-14)21-9-8-18-20-21/h4-9,12,17H,10H2,1-3H3/t12-/m0/s1. The maximum atomic E-state index is 5.58. The van der Waals surface area contributed by atoms with Gasteiger partial charge >= 0.3 is 0 Å². The van der Waals surface area contributed by atoms with Gasteiger partial charge in [0.05, 0.1) is 30.3 Å². The van der Waals surface area contributed by atoms with Crippen LogP contribution in [0.15, 0.2) is 41.1 Å². The number of nitrogens with zero attached hydrogens (tertiary/aromatic N) is 4. The fourth-order valence-electron chi connectivity index (χ4n) is 2.23. The number of benzene rings is 1. The lowest BCUT2D eigenvalue weighted by molar-refractivity contribution is 0.432. The predicted molar refractivity (Wildman–Crippen MR) is 82.6 cm³/mol. The van der Waals surface area contributed by atoms with E-state index in [9.17, 15) is 0 Å². The fourth-order valence-corrected chi connectivity index (χ4v) is 2.23. The highest BCUT2D eigenvalue weighted by molar-refractivity contribution is 5.34. The van der Waals surface area contributed by atoms with E-state index < -0.39 is 0 Å². The summed E-state index contributed by atoms with van der Waals surface area (Å²) < 4.78 is 7.31. The van der Waals surface area contributed by atoms with Crippen molar-refractivity contribution in [3.05, 3.63) is 59.6 Å². The molecule has 0 saturated carbocycles. The van der Waals surface area contributed by atoms with Crippen LogP contribution in [-0.2, 0) is 6.54 Å². The molecule has 2 heterocycles. The van der Waals surface area contributed by atoms with Gasteiger partial charge in [-0.15, -0.1) is 5.10 Å². The summed E-state index contributed by atoms with van der Waals surface area (Å²) in [4.78, 5) is 4.38. The molecule has 114 valence electrons. The van der Waals surface area contributed by atoms with E-state index in [1.165, 1.54) is 5.56 Å². The quantitative estimate of drug-likeness (QED) is 0.784. The molecular formula is C16H19N5O. The van der Waals surface area contributed by atoms with Gasteiger partial charge in [0, 0.05) is 6.04 Å². The molecule has 0 aliphatic carbocycles. The Morgan fingerprint density at radius 1 is 1.23 bits per heavy atom. The first-order chi connectivity index (χ1) is 10.6. The van der Waals surface area contributed by atoms with Crippen molar-refractivity contribution in [3.63, 3.8) is 0 Å². The molecule has 3 aromatic rings. The number of oxazole rings is 1. The van der Waals surface area contributed by atoms with Crippen LogP contribution in [0.5, 0.6) is 0 Å². The van der Waals surface area contributed by atoms with Crippen LogP contribution in [-0.4, -0.2) is 20.0 Å². The summed E-state index contributed by atoms with van der Waals surface area (Å²) in [5.74, 6) is 1.60. The largest absolute Gasteiger partial charge is 0.444 e. The molecule has 0 aliphatic rings. The lowest BCUT2D eigenvalue weighted by Gasteiger charge is -2.13. The fraction of sp³-hybridized carbons (Fsp3) is 0.312. The lowest BCUT2D eigenvalue weighted by Crippen LogP contribution is -2.18. The summed E-state index contributed by atoms with van der Waals surface area (Å²) in [5.41, 5.74) is 3.14. The van der Waals surface area contributed by atoms with Gasteiger partial charge < -0.3 is 9.73 Å². The molecule has 0 radical (unpaired) electrons. The van der Waals surface area contributed by atoms with E-state index in [2.05, 4.69) is 39.7 Å². The average Bonchev–Trinajstić information content (AvgIpc) is 3.16. The third-order valence-electron chi connectivity index (χ3n) is 3.71. The van der Waals surface area contributed by atoms with Crippen LogP contribution in [0.1, 0.15) is 35.9 Å². The van der Waals surface area contributed by atoms with Gasteiger partial charge in [0.2, 0.25) is 5.89 Å². The number of aromatic nitrogens is 4. The minimum absolute atomic E-state index is 0.206. The Morgan fingerprint density at radius 2 is 2.00 bits per heavy atom. The third-order valence-corrected chi connectivity index (χ3v) is 3.71. The van der Waals surface area contributed by atoms with Crippen LogP contribution in [0.4, 0.5) is 0 Å². The van der Waals surface area contributed by atoms with Crippen molar-refractivity contribution in [2.75, 3.05) is 0 Å². The van der Waals surface area contributed by atoms with Crippen molar-refractivity contribution >= 4 is 0 Å². The smallest absolute Gasteiger partial charge is 0.208 e. The molecule has 0 amide bonds. The van der Waals surface area contributed by atoms with Gasteiger partial charge in [0.15, 0.2) is 0 Å². The van der Waals surface area contributed by atoms with Crippen molar-refractivity contribution < 1.29 is 4.42 Å². The molecule has 1 aromatic carbocycles. The van der Waals surface area contributed by atoms with Crippen molar-refractivity contribution in [2.24, 2.45) is 0 Å². The van der Waals surface area contributed by atoms with Crippen molar-refractivity contribution in [1.29, 1.82) is 0 Å². The summed E-state index contributed by atoms with van der Waals surface area (Å²) in [7, 11) is 0. The topological polar surface area (TPSA) is 68.8 Å². The van der Waals surface area contributed by atoms with Crippen molar-refractivity contribution in [2.45, 2.75) is 33.4 Å². The Bertz CT molecular complexity index is 711. The van der Waals surface area contributed by atoms with E-state index in [0.29, 0.717) is 6.54 Å². The summed E-state index contributed by atoms with van der Waals surface area (Å²) >= 11 is 0.